The Morgan fingerprint density at radius 2 is 1.94 bits per heavy atom. The Bertz CT molecular complexity index is 256. The summed E-state index contributed by atoms with van der Waals surface area (Å²) in [5.74, 6) is 0.672. The van der Waals surface area contributed by atoms with Crippen molar-refractivity contribution in [2.45, 2.75) is 44.9 Å². The Kier molecular flexibility index (Phi) is 3.65. The summed E-state index contributed by atoms with van der Waals surface area (Å²) < 4.78 is 0. The van der Waals surface area contributed by atoms with Crippen molar-refractivity contribution in [1.29, 1.82) is 0 Å². The molecule has 3 nitrogen and oxygen atoms in total. The average Bonchev–Trinajstić information content (AvgIpc) is 2.87. The number of hydrogen-bond acceptors (Lipinski definition) is 3. The molecule has 0 radical (unpaired) electrons. The van der Waals surface area contributed by atoms with E-state index in [2.05, 4.69) is 0 Å². The van der Waals surface area contributed by atoms with Gasteiger partial charge in [0.15, 0.2) is 0 Å². The van der Waals surface area contributed by atoms with Crippen LogP contribution in [0.4, 0.5) is 0 Å². The molecule has 0 aromatic heterocycles. The Labute approximate surface area is 96.9 Å². The summed E-state index contributed by atoms with van der Waals surface area (Å²) in [6.45, 7) is 0.321. The fraction of sp³-hybridized carbons (Fsp3) is 0.923. The highest BCUT2D eigenvalue weighted by atomic mass is 16.3. The minimum Gasteiger partial charge on any atom is -0.396 e. The SMILES string of the molecule is O=C1C(CCCO)CC(CO)C12CCCC2. The molecule has 2 saturated carbocycles. The molecule has 0 saturated heterocycles. The quantitative estimate of drug-likeness (QED) is 0.764. The van der Waals surface area contributed by atoms with E-state index >= 15 is 0 Å². The van der Waals surface area contributed by atoms with Gasteiger partial charge in [0, 0.05) is 24.5 Å². The van der Waals surface area contributed by atoms with Crippen LogP contribution >= 0.6 is 0 Å². The maximum Gasteiger partial charge on any atom is 0.142 e. The van der Waals surface area contributed by atoms with Crippen molar-refractivity contribution in [1.82, 2.24) is 0 Å². The Morgan fingerprint density at radius 1 is 1.25 bits per heavy atom. The van der Waals surface area contributed by atoms with E-state index in [4.69, 9.17) is 5.11 Å². The molecule has 0 aliphatic heterocycles. The normalized spacial score (nSPS) is 32.8. The van der Waals surface area contributed by atoms with E-state index in [-0.39, 0.29) is 30.5 Å². The largest absolute Gasteiger partial charge is 0.396 e. The average molecular weight is 226 g/mol. The summed E-state index contributed by atoms with van der Waals surface area (Å²) in [5.41, 5.74) is -0.186. The van der Waals surface area contributed by atoms with E-state index < -0.39 is 0 Å². The maximum atomic E-state index is 12.4. The molecule has 2 rings (SSSR count). The van der Waals surface area contributed by atoms with Gasteiger partial charge in [0.1, 0.15) is 5.78 Å². The van der Waals surface area contributed by atoms with Gasteiger partial charge in [-0.3, -0.25) is 4.79 Å². The third-order valence-corrected chi connectivity index (χ3v) is 4.64. The van der Waals surface area contributed by atoms with Crippen molar-refractivity contribution < 1.29 is 15.0 Å². The summed E-state index contributed by atoms with van der Waals surface area (Å²) in [6, 6.07) is 0. The second-order valence-corrected chi connectivity index (χ2v) is 5.41. The van der Waals surface area contributed by atoms with Gasteiger partial charge in [0.25, 0.3) is 0 Å². The first-order chi connectivity index (χ1) is 7.74. The number of ketones is 1. The fourth-order valence-corrected chi connectivity index (χ4v) is 3.78. The van der Waals surface area contributed by atoms with Gasteiger partial charge in [-0.05, 0) is 38.0 Å². The Hall–Kier alpha value is -0.410. The molecule has 2 unspecified atom stereocenters. The van der Waals surface area contributed by atoms with Gasteiger partial charge >= 0.3 is 0 Å². The van der Waals surface area contributed by atoms with Gasteiger partial charge < -0.3 is 10.2 Å². The molecule has 2 N–H and O–H groups in total. The highest BCUT2D eigenvalue weighted by molar-refractivity contribution is 5.89. The van der Waals surface area contributed by atoms with E-state index in [0.717, 1.165) is 38.5 Å². The van der Waals surface area contributed by atoms with E-state index in [1.165, 1.54) is 0 Å². The van der Waals surface area contributed by atoms with Crippen molar-refractivity contribution in [3.05, 3.63) is 0 Å². The molecule has 2 atom stereocenters. The van der Waals surface area contributed by atoms with Crippen LogP contribution in [0.15, 0.2) is 0 Å². The van der Waals surface area contributed by atoms with Crippen LogP contribution in [0.25, 0.3) is 0 Å². The van der Waals surface area contributed by atoms with Crippen molar-refractivity contribution in [3.8, 4) is 0 Å². The van der Waals surface area contributed by atoms with Gasteiger partial charge in [-0.15, -0.1) is 0 Å². The standard InChI is InChI=1S/C13H22O3/c14-7-3-4-10-8-11(9-15)13(12(10)16)5-1-2-6-13/h10-11,14-15H,1-9H2. The first-order valence-corrected chi connectivity index (χ1v) is 6.50. The van der Waals surface area contributed by atoms with Crippen LogP contribution in [0.3, 0.4) is 0 Å². The third kappa shape index (κ3) is 1.80. The van der Waals surface area contributed by atoms with Crippen molar-refractivity contribution in [2.75, 3.05) is 13.2 Å². The molecule has 0 amide bonds. The van der Waals surface area contributed by atoms with Crippen LogP contribution in [0.1, 0.15) is 44.9 Å². The second kappa shape index (κ2) is 4.84. The smallest absolute Gasteiger partial charge is 0.142 e. The number of rotatable bonds is 4. The fourth-order valence-electron chi connectivity index (χ4n) is 3.78. The summed E-state index contributed by atoms with van der Waals surface area (Å²) in [5, 5.41) is 18.3. The van der Waals surface area contributed by atoms with Crippen LogP contribution in [0.5, 0.6) is 0 Å². The zero-order valence-electron chi connectivity index (χ0n) is 9.82. The van der Waals surface area contributed by atoms with Crippen LogP contribution in [-0.2, 0) is 4.79 Å². The molecule has 2 fully saturated rings. The number of aliphatic hydroxyl groups is 2. The zero-order valence-corrected chi connectivity index (χ0v) is 9.82. The monoisotopic (exact) mass is 226 g/mol. The lowest BCUT2D eigenvalue weighted by molar-refractivity contribution is -0.130. The molecule has 1 spiro atoms. The first kappa shape index (κ1) is 12.1. The topological polar surface area (TPSA) is 57.5 Å². The molecule has 0 aromatic carbocycles. The predicted molar refractivity (Wildman–Crippen MR) is 60.9 cm³/mol. The van der Waals surface area contributed by atoms with Crippen molar-refractivity contribution in [2.24, 2.45) is 17.3 Å². The lowest BCUT2D eigenvalue weighted by Crippen LogP contribution is -2.32. The maximum absolute atomic E-state index is 12.4. The van der Waals surface area contributed by atoms with E-state index in [0.29, 0.717) is 12.2 Å². The lowest BCUT2D eigenvalue weighted by atomic mass is 9.75. The van der Waals surface area contributed by atoms with E-state index in [1.807, 2.05) is 0 Å². The lowest BCUT2D eigenvalue weighted by Gasteiger charge is -2.27. The Balaban J connectivity index is 2.09. The number of aliphatic hydroxyl groups excluding tert-OH is 2. The van der Waals surface area contributed by atoms with Gasteiger partial charge in [0.05, 0.1) is 0 Å². The zero-order chi connectivity index (χ0) is 11.6. The molecule has 0 aromatic rings. The minimum absolute atomic E-state index is 0.0994. The highest BCUT2D eigenvalue weighted by Crippen LogP contribution is 2.54. The summed E-state index contributed by atoms with van der Waals surface area (Å²) in [6.07, 6.45) is 6.58. The molecular weight excluding hydrogens is 204 g/mol. The second-order valence-electron chi connectivity index (χ2n) is 5.41. The van der Waals surface area contributed by atoms with Crippen LogP contribution in [0.2, 0.25) is 0 Å². The number of carbonyl (C=O) groups is 1. The van der Waals surface area contributed by atoms with Gasteiger partial charge in [0.2, 0.25) is 0 Å². The summed E-state index contributed by atoms with van der Waals surface area (Å²) >= 11 is 0. The van der Waals surface area contributed by atoms with E-state index in [1.54, 1.807) is 0 Å². The van der Waals surface area contributed by atoms with Crippen molar-refractivity contribution in [3.63, 3.8) is 0 Å². The molecule has 16 heavy (non-hydrogen) atoms. The molecule has 2 aliphatic carbocycles. The van der Waals surface area contributed by atoms with Gasteiger partial charge in [-0.1, -0.05) is 12.8 Å². The minimum atomic E-state index is -0.186. The van der Waals surface area contributed by atoms with Gasteiger partial charge in [-0.2, -0.15) is 0 Å². The summed E-state index contributed by atoms with van der Waals surface area (Å²) in [4.78, 5) is 12.4. The van der Waals surface area contributed by atoms with Gasteiger partial charge in [-0.25, -0.2) is 0 Å². The van der Waals surface area contributed by atoms with E-state index in [9.17, 15) is 9.90 Å². The molecule has 92 valence electrons. The van der Waals surface area contributed by atoms with Crippen LogP contribution in [-0.4, -0.2) is 29.2 Å². The molecule has 0 heterocycles. The molecular formula is C13H22O3. The predicted octanol–water partition coefficient (Wildman–Crippen LogP) is 1.52. The Morgan fingerprint density at radius 3 is 2.50 bits per heavy atom. The summed E-state index contributed by atoms with van der Waals surface area (Å²) in [7, 11) is 0. The van der Waals surface area contributed by atoms with Crippen molar-refractivity contribution >= 4 is 5.78 Å². The molecule has 2 aliphatic rings. The third-order valence-electron chi connectivity index (χ3n) is 4.64. The van der Waals surface area contributed by atoms with Crippen LogP contribution in [0, 0.1) is 17.3 Å². The first-order valence-electron chi connectivity index (χ1n) is 6.50. The molecule has 3 heteroatoms. The number of carbonyl (C=O) groups excluding carboxylic acids is 1. The highest BCUT2D eigenvalue weighted by Gasteiger charge is 2.54. The molecule has 0 bridgehead atoms. The number of Topliss-reactive ketones (excluding diaryl/α,β-unsaturated/α-hetero) is 1. The van der Waals surface area contributed by atoms with Crippen LogP contribution < -0.4 is 0 Å². The number of hydrogen-bond donors (Lipinski definition) is 2.